The molecule has 0 amide bonds. The average molecular weight is 198 g/mol. The predicted octanol–water partition coefficient (Wildman–Crippen LogP) is 1.18. The van der Waals surface area contributed by atoms with Gasteiger partial charge >= 0.3 is 0 Å². The van der Waals surface area contributed by atoms with Crippen LogP contribution >= 0.6 is 0 Å². The zero-order valence-electron chi connectivity index (χ0n) is 8.16. The third-order valence-corrected chi connectivity index (χ3v) is 1.94. The lowest BCUT2D eigenvalue weighted by molar-refractivity contribution is 0.338. The van der Waals surface area contributed by atoms with E-state index in [0.29, 0.717) is 17.9 Å². The van der Waals surface area contributed by atoms with Crippen molar-refractivity contribution in [1.29, 1.82) is 0 Å². The highest BCUT2D eigenvalue weighted by atomic mass is 19.1. The Hall–Kier alpha value is -1.13. The summed E-state index contributed by atoms with van der Waals surface area (Å²) in [5, 5.41) is 0. The molecule has 1 aromatic carbocycles. The van der Waals surface area contributed by atoms with Gasteiger partial charge in [-0.3, -0.25) is 0 Å². The van der Waals surface area contributed by atoms with Crippen molar-refractivity contribution in [2.24, 2.45) is 11.5 Å². The van der Waals surface area contributed by atoms with Crippen LogP contribution in [0.15, 0.2) is 18.2 Å². The molecule has 1 aromatic rings. The number of nitrogens with two attached hydrogens (primary N) is 2. The number of ether oxygens (including phenoxy) is 1. The molecular formula is C10H15FN2O. The lowest BCUT2D eigenvalue weighted by Gasteiger charge is -2.11. The van der Waals surface area contributed by atoms with Gasteiger partial charge in [0.15, 0.2) is 0 Å². The van der Waals surface area contributed by atoms with E-state index in [-0.39, 0.29) is 12.4 Å². The van der Waals surface area contributed by atoms with Gasteiger partial charge in [-0.25, -0.2) is 4.39 Å². The van der Waals surface area contributed by atoms with E-state index in [4.69, 9.17) is 16.2 Å². The molecule has 1 atom stereocenters. The van der Waals surface area contributed by atoms with Gasteiger partial charge in [0, 0.05) is 24.2 Å². The lowest BCUT2D eigenvalue weighted by Crippen LogP contribution is -2.21. The van der Waals surface area contributed by atoms with Crippen LogP contribution in [0.3, 0.4) is 0 Å². The Labute approximate surface area is 82.9 Å². The zero-order valence-corrected chi connectivity index (χ0v) is 8.16. The van der Waals surface area contributed by atoms with Crippen molar-refractivity contribution < 1.29 is 9.13 Å². The molecule has 0 aliphatic carbocycles. The van der Waals surface area contributed by atoms with Crippen molar-refractivity contribution in [2.45, 2.75) is 13.0 Å². The van der Waals surface area contributed by atoms with Crippen LogP contribution in [0.25, 0.3) is 0 Å². The molecule has 0 saturated carbocycles. The molecule has 0 spiro atoms. The van der Waals surface area contributed by atoms with Crippen LogP contribution in [0, 0.1) is 5.82 Å². The average Bonchev–Trinajstić information content (AvgIpc) is 2.17. The molecule has 0 fully saturated rings. The Balaban J connectivity index is 2.89. The summed E-state index contributed by atoms with van der Waals surface area (Å²) in [4.78, 5) is 0. The van der Waals surface area contributed by atoms with Crippen LogP contribution in [0.4, 0.5) is 4.39 Å². The van der Waals surface area contributed by atoms with Crippen LogP contribution in [0.1, 0.15) is 18.5 Å². The molecule has 1 rings (SSSR count). The molecule has 14 heavy (non-hydrogen) atoms. The van der Waals surface area contributed by atoms with Gasteiger partial charge in [0.1, 0.15) is 11.6 Å². The minimum Gasteiger partial charge on any atom is -0.494 e. The molecule has 0 aliphatic rings. The van der Waals surface area contributed by atoms with Crippen LogP contribution in [0.5, 0.6) is 5.75 Å². The smallest absolute Gasteiger partial charge is 0.131 e. The van der Waals surface area contributed by atoms with Crippen molar-refractivity contribution in [2.75, 3.05) is 13.2 Å². The largest absolute Gasteiger partial charge is 0.494 e. The van der Waals surface area contributed by atoms with E-state index in [0.717, 1.165) is 0 Å². The Morgan fingerprint density at radius 1 is 1.50 bits per heavy atom. The van der Waals surface area contributed by atoms with E-state index in [1.807, 2.05) is 6.92 Å². The summed E-state index contributed by atoms with van der Waals surface area (Å²) in [6.45, 7) is 2.59. The van der Waals surface area contributed by atoms with Gasteiger partial charge in [-0.05, 0) is 13.0 Å². The molecular weight excluding hydrogens is 183 g/mol. The SMILES string of the molecule is CCOc1ccc(C(N)CN)c(F)c1. The molecule has 1 unspecified atom stereocenters. The minimum absolute atomic E-state index is 0.227. The molecule has 0 heterocycles. The van der Waals surface area contributed by atoms with E-state index in [1.54, 1.807) is 12.1 Å². The summed E-state index contributed by atoms with van der Waals surface area (Å²) in [5.74, 6) is 0.145. The number of benzene rings is 1. The molecule has 0 radical (unpaired) electrons. The molecule has 0 aromatic heterocycles. The van der Waals surface area contributed by atoms with Crippen LogP contribution in [-0.4, -0.2) is 13.2 Å². The molecule has 0 aliphatic heterocycles. The van der Waals surface area contributed by atoms with E-state index < -0.39 is 6.04 Å². The minimum atomic E-state index is -0.453. The fraction of sp³-hybridized carbons (Fsp3) is 0.400. The van der Waals surface area contributed by atoms with Crippen molar-refractivity contribution in [3.05, 3.63) is 29.6 Å². The van der Waals surface area contributed by atoms with Crippen LogP contribution < -0.4 is 16.2 Å². The first-order valence-corrected chi connectivity index (χ1v) is 4.57. The Kier molecular flexibility index (Phi) is 3.85. The Morgan fingerprint density at radius 2 is 2.21 bits per heavy atom. The topological polar surface area (TPSA) is 61.3 Å². The third kappa shape index (κ3) is 2.43. The monoisotopic (exact) mass is 198 g/mol. The number of halogens is 1. The molecule has 4 N–H and O–H groups in total. The normalized spacial score (nSPS) is 12.6. The van der Waals surface area contributed by atoms with Gasteiger partial charge < -0.3 is 16.2 Å². The van der Waals surface area contributed by atoms with Crippen molar-refractivity contribution in [1.82, 2.24) is 0 Å². The van der Waals surface area contributed by atoms with Gasteiger partial charge in [0.25, 0.3) is 0 Å². The van der Waals surface area contributed by atoms with Crippen molar-refractivity contribution in [3.63, 3.8) is 0 Å². The first kappa shape index (κ1) is 10.9. The molecule has 3 nitrogen and oxygen atoms in total. The first-order valence-electron chi connectivity index (χ1n) is 4.57. The summed E-state index contributed by atoms with van der Waals surface area (Å²) in [5.41, 5.74) is 11.4. The van der Waals surface area contributed by atoms with Crippen LogP contribution in [0.2, 0.25) is 0 Å². The number of hydrogen-bond donors (Lipinski definition) is 2. The Bertz CT molecular complexity index is 304. The van der Waals surface area contributed by atoms with Gasteiger partial charge in [0.05, 0.1) is 6.61 Å². The number of rotatable bonds is 4. The van der Waals surface area contributed by atoms with Gasteiger partial charge in [-0.2, -0.15) is 0 Å². The van der Waals surface area contributed by atoms with Gasteiger partial charge in [-0.15, -0.1) is 0 Å². The second kappa shape index (κ2) is 4.93. The van der Waals surface area contributed by atoms with E-state index in [2.05, 4.69) is 0 Å². The van der Waals surface area contributed by atoms with Gasteiger partial charge in [0.2, 0.25) is 0 Å². The summed E-state index contributed by atoms with van der Waals surface area (Å²) >= 11 is 0. The predicted molar refractivity (Wildman–Crippen MR) is 53.6 cm³/mol. The van der Waals surface area contributed by atoms with Crippen LogP contribution in [-0.2, 0) is 0 Å². The van der Waals surface area contributed by atoms with E-state index in [9.17, 15) is 4.39 Å². The summed E-state index contributed by atoms with van der Waals surface area (Å²) in [6.07, 6.45) is 0. The highest BCUT2D eigenvalue weighted by molar-refractivity contribution is 5.30. The fourth-order valence-electron chi connectivity index (χ4n) is 1.19. The standard InChI is InChI=1S/C10H15FN2O/c1-2-14-7-3-4-8(9(11)5-7)10(13)6-12/h3-5,10H,2,6,12-13H2,1H3. The second-order valence-electron chi connectivity index (χ2n) is 2.96. The first-order chi connectivity index (χ1) is 6.69. The fourth-order valence-corrected chi connectivity index (χ4v) is 1.19. The second-order valence-corrected chi connectivity index (χ2v) is 2.96. The molecule has 78 valence electrons. The summed E-state index contributed by atoms with van der Waals surface area (Å²) in [6, 6.07) is 4.18. The van der Waals surface area contributed by atoms with Gasteiger partial charge in [-0.1, -0.05) is 6.07 Å². The van der Waals surface area contributed by atoms with E-state index in [1.165, 1.54) is 6.07 Å². The Morgan fingerprint density at radius 3 is 2.71 bits per heavy atom. The summed E-state index contributed by atoms with van der Waals surface area (Å²) < 4.78 is 18.5. The molecule has 0 saturated heterocycles. The van der Waals surface area contributed by atoms with Crippen molar-refractivity contribution >= 4 is 0 Å². The number of hydrogen-bond acceptors (Lipinski definition) is 3. The third-order valence-electron chi connectivity index (χ3n) is 1.94. The lowest BCUT2D eigenvalue weighted by atomic mass is 10.1. The molecule has 4 heteroatoms. The zero-order chi connectivity index (χ0) is 10.6. The van der Waals surface area contributed by atoms with E-state index >= 15 is 0 Å². The highest BCUT2D eigenvalue weighted by Crippen LogP contribution is 2.20. The maximum atomic E-state index is 13.4. The van der Waals surface area contributed by atoms with Crippen molar-refractivity contribution in [3.8, 4) is 5.75 Å². The maximum absolute atomic E-state index is 13.4. The summed E-state index contributed by atoms with van der Waals surface area (Å²) in [7, 11) is 0. The highest BCUT2D eigenvalue weighted by Gasteiger charge is 2.10. The maximum Gasteiger partial charge on any atom is 0.131 e. The molecule has 0 bridgehead atoms. The quantitative estimate of drug-likeness (QED) is 0.763.